The molecule has 0 aromatic heterocycles. The molecule has 0 saturated carbocycles. The van der Waals surface area contributed by atoms with Crippen molar-refractivity contribution < 1.29 is 9.53 Å². The molecule has 0 N–H and O–H groups in total. The van der Waals surface area contributed by atoms with E-state index in [2.05, 4.69) is 17.0 Å². The second-order valence-electron chi connectivity index (χ2n) is 6.85. The molecule has 21 heavy (non-hydrogen) atoms. The summed E-state index contributed by atoms with van der Waals surface area (Å²) in [6.07, 6.45) is 3.21. The molecule has 0 unspecified atom stereocenters. The highest BCUT2D eigenvalue weighted by molar-refractivity contribution is 5.92. The SMILES string of the molecule is CC(C)(C)OC(=O)N1CCc2c(N3CCCC3)cccc21. The fourth-order valence-corrected chi connectivity index (χ4v) is 3.18. The van der Waals surface area contributed by atoms with Gasteiger partial charge >= 0.3 is 6.09 Å². The van der Waals surface area contributed by atoms with Crippen molar-refractivity contribution in [3.05, 3.63) is 23.8 Å². The maximum Gasteiger partial charge on any atom is 0.414 e. The first-order chi connectivity index (χ1) is 9.96. The Hall–Kier alpha value is -1.71. The monoisotopic (exact) mass is 288 g/mol. The van der Waals surface area contributed by atoms with E-state index in [4.69, 9.17) is 4.74 Å². The zero-order valence-corrected chi connectivity index (χ0v) is 13.2. The Kier molecular flexibility index (Phi) is 3.56. The Labute approximate surface area is 126 Å². The van der Waals surface area contributed by atoms with Gasteiger partial charge in [0.2, 0.25) is 0 Å². The van der Waals surface area contributed by atoms with Crippen molar-refractivity contribution in [3.63, 3.8) is 0 Å². The molecule has 1 aromatic rings. The van der Waals surface area contributed by atoms with Crippen LogP contribution in [0.4, 0.5) is 16.2 Å². The maximum absolute atomic E-state index is 12.3. The number of ether oxygens (including phenoxy) is 1. The Morgan fingerprint density at radius 1 is 1.10 bits per heavy atom. The summed E-state index contributed by atoms with van der Waals surface area (Å²) in [6, 6.07) is 6.27. The molecule has 0 radical (unpaired) electrons. The molecule has 2 aliphatic rings. The molecular formula is C17H24N2O2. The van der Waals surface area contributed by atoms with Gasteiger partial charge in [-0.05, 0) is 52.2 Å². The molecule has 2 aliphatic heterocycles. The first-order valence-corrected chi connectivity index (χ1v) is 7.83. The van der Waals surface area contributed by atoms with Crippen LogP contribution in [0.15, 0.2) is 18.2 Å². The van der Waals surface area contributed by atoms with Crippen molar-refractivity contribution in [3.8, 4) is 0 Å². The molecule has 1 amide bonds. The third-order valence-electron chi connectivity index (χ3n) is 4.06. The number of rotatable bonds is 1. The molecule has 4 nitrogen and oxygen atoms in total. The van der Waals surface area contributed by atoms with Gasteiger partial charge in [-0.2, -0.15) is 0 Å². The fourth-order valence-electron chi connectivity index (χ4n) is 3.18. The van der Waals surface area contributed by atoms with Crippen molar-refractivity contribution in [1.82, 2.24) is 0 Å². The van der Waals surface area contributed by atoms with E-state index in [1.54, 1.807) is 4.90 Å². The Bertz CT molecular complexity index is 542. The van der Waals surface area contributed by atoms with Gasteiger partial charge in [0.05, 0.1) is 5.69 Å². The molecule has 0 spiro atoms. The summed E-state index contributed by atoms with van der Waals surface area (Å²) in [6.45, 7) is 8.69. The summed E-state index contributed by atoms with van der Waals surface area (Å²) >= 11 is 0. The van der Waals surface area contributed by atoms with E-state index >= 15 is 0 Å². The second-order valence-corrected chi connectivity index (χ2v) is 6.85. The van der Waals surface area contributed by atoms with Gasteiger partial charge in [0.25, 0.3) is 0 Å². The van der Waals surface area contributed by atoms with Crippen LogP contribution in [0.25, 0.3) is 0 Å². The largest absolute Gasteiger partial charge is 0.443 e. The summed E-state index contributed by atoms with van der Waals surface area (Å²) in [7, 11) is 0. The Morgan fingerprint density at radius 2 is 1.76 bits per heavy atom. The maximum atomic E-state index is 12.3. The molecule has 0 bridgehead atoms. The molecule has 1 aromatic carbocycles. The third-order valence-corrected chi connectivity index (χ3v) is 4.06. The first kappa shape index (κ1) is 14.2. The Balaban J connectivity index is 1.85. The average molecular weight is 288 g/mol. The van der Waals surface area contributed by atoms with Gasteiger partial charge < -0.3 is 9.64 Å². The van der Waals surface area contributed by atoms with E-state index < -0.39 is 5.60 Å². The summed E-state index contributed by atoms with van der Waals surface area (Å²) in [5.41, 5.74) is 3.17. The first-order valence-electron chi connectivity index (χ1n) is 7.83. The second kappa shape index (κ2) is 5.24. The van der Waals surface area contributed by atoms with Crippen molar-refractivity contribution in [2.75, 3.05) is 29.4 Å². The number of anilines is 2. The van der Waals surface area contributed by atoms with Crippen LogP contribution in [0.2, 0.25) is 0 Å². The third kappa shape index (κ3) is 2.85. The summed E-state index contributed by atoms with van der Waals surface area (Å²) in [5.74, 6) is 0. The highest BCUT2D eigenvalue weighted by Crippen LogP contribution is 2.37. The zero-order chi connectivity index (χ0) is 15.0. The van der Waals surface area contributed by atoms with Crippen molar-refractivity contribution in [1.29, 1.82) is 0 Å². The number of benzene rings is 1. The van der Waals surface area contributed by atoms with E-state index in [0.29, 0.717) is 0 Å². The Morgan fingerprint density at radius 3 is 2.43 bits per heavy atom. The molecule has 4 heteroatoms. The molecular weight excluding hydrogens is 264 g/mol. The molecule has 114 valence electrons. The van der Waals surface area contributed by atoms with Gasteiger partial charge in [-0.3, -0.25) is 4.90 Å². The number of carbonyl (C=O) groups is 1. The van der Waals surface area contributed by atoms with Crippen LogP contribution in [-0.4, -0.2) is 31.3 Å². The van der Waals surface area contributed by atoms with Crippen LogP contribution < -0.4 is 9.80 Å². The van der Waals surface area contributed by atoms with Gasteiger partial charge in [-0.1, -0.05) is 6.07 Å². The predicted molar refractivity (Wildman–Crippen MR) is 85.2 cm³/mol. The van der Waals surface area contributed by atoms with Gasteiger partial charge in [0.1, 0.15) is 5.60 Å². The van der Waals surface area contributed by atoms with Crippen LogP contribution in [0, 0.1) is 0 Å². The number of carbonyl (C=O) groups excluding carboxylic acids is 1. The van der Waals surface area contributed by atoms with E-state index in [1.165, 1.54) is 24.1 Å². The molecule has 1 saturated heterocycles. The summed E-state index contributed by atoms with van der Waals surface area (Å²) in [5, 5.41) is 0. The number of amides is 1. The normalized spacial score (nSPS) is 18.0. The molecule has 0 aliphatic carbocycles. The topological polar surface area (TPSA) is 32.8 Å². The minimum Gasteiger partial charge on any atom is -0.443 e. The molecule has 0 atom stereocenters. The fraction of sp³-hybridized carbons (Fsp3) is 0.588. The quantitative estimate of drug-likeness (QED) is 0.792. The zero-order valence-electron chi connectivity index (χ0n) is 13.2. The van der Waals surface area contributed by atoms with E-state index in [9.17, 15) is 4.79 Å². The van der Waals surface area contributed by atoms with Crippen molar-refractivity contribution >= 4 is 17.5 Å². The highest BCUT2D eigenvalue weighted by atomic mass is 16.6. The van der Waals surface area contributed by atoms with E-state index in [1.807, 2.05) is 26.8 Å². The lowest BCUT2D eigenvalue weighted by atomic mass is 10.1. The summed E-state index contributed by atoms with van der Waals surface area (Å²) in [4.78, 5) is 16.6. The average Bonchev–Trinajstić information content (AvgIpc) is 3.05. The van der Waals surface area contributed by atoms with E-state index in [-0.39, 0.29) is 6.09 Å². The standard InChI is InChI=1S/C17H24N2O2/c1-17(2,3)21-16(20)19-12-9-13-14(7-6-8-15(13)19)18-10-4-5-11-18/h6-8H,4-5,9-12H2,1-3H3. The smallest absolute Gasteiger partial charge is 0.414 e. The highest BCUT2D eigenvalue weighted by Gasteiger charge is 2.31. The van der Waals surface area contributed by atoms with Crippen molar-refractivity contribution in [2.24, 2.45) is 0 Å². The predicted octanol–water partition coefficient (Wildman–Crippen LogP) is 3.58. The van der Waals surface area contributed by atoms with Gasteiger partial charge in [0, 0.05) is 30.9 Å². The van der Waals surface area contributed by atoms with Gasteiger partial charge in [0.15, 0.2) is 0 Å². The van der Waals surface area contributed by atoms with Crippen LogP contribution in [0.1, 0.15) is 39.2 Å². The van der Waals surface area contributed by atoms with E-state index in [0.717, 1.165) is 31.7 Å². The number of fused-ring (bicyclic) bond motifs is 1. The molecule has 1 fully saturated rings. The van der Waals surface area contributed by atoms with Crippen molar-refractivity contribution in [2.45, 2.75) is 45.6 Å². The molecule has 2 heterocycles. The number of hydrogen-bond acceptors (Lipinski definition) is 3. The van der Waals surface area contributed by atoms with Crippen LogP contribution >= 0.6 is 0 Å². The lowest BCUT2D eigenvalue weighted by Crippen LogP contribution is -2.35. The lowest BCUT2D eigenvalue weighted by molar-refractivity contribution is 0.0584. The number of hydrogen-bond donors (Lipinski definition) is 0. The lowest BCUT2D eigenvalue weighted by Gasteiger charge is -2.25. The van der Waals surface area contributed by atoms with Crippen LogP contribution in [-0.2, 0) is 11.2 Å². The van der Waals surface area contributed by atoms with Gasteiger partial charge in [-0.15, -0.1) is 0 Å². The van der Waals surface area contributed by atoms with Crippen LogP contribution in [0.5, 0.6) is 0 Å². The molecule has 3 rings (SSSR count). The minimum atomic E-state index is -0.452. The summed E-state index contributed by atoms with van der Waals surface area (Å²) < 4.78 is 5.52. The number of nitrogens with zero attached hydrogens (tertiary/aromatic N) is 2. The van der Waals surface area contributed by atoms with Gasteiger partial charge in [-0.25, -0.2) is 4.79 Å². The van der Waals surface area contributed by atoms with Crippen LogP contribution in [0.3, 0.4) is 0 Å². The minimum absolute atomic E-state index is 0.236.